The third kappa shape index (κ3) is 3.84. The third-order valence-electron chi connectivity index (χ3n) is 4.55. The van der Waals surface area contributed by atoms with E-state index in [2.05, 4.69) is 15.0 Å². The van der Waals surface area contributed by atoms with Gasteiger partial charge < -0.3 is 10.6 Å². The van der Waals surface area contributed by atoms with Crippen LogP contribution in [0.1, 0.15) is 10.5 Å². The molecule has 11 heteroatoms. The van der Waals surface area contributed by atoms with Crippen molar-refractivity contribution in [2.75, 3.05) is 31.1 Å². The molecular weight excluding hydrogens is 412 g/mol. The number of sulfonamides is 1. The Morgan fingerprint density at radius 1 is 1.07 bits per heavy atom. The van der Waals surface area contributed by atoms with Crippen molar-refractivity contribution in [3.05, 3.63) is 53.8 Å². The fraction of sp³-hybridized carbons (Fsp3) is 0.222. The van der Waals surface area contributed by atoms with Crippen LogP contribution in [-0.4, -0.2) is 59.8 Å². The van der Waals surface area contributed by atoms with Crippen LogP contribution in [0.2, 0.25) is 0 Å². The Hall–Kier alpha value is -2.89. The van der Waals surface area contributed by atoms with Gasteiger partial charge in [-0.3, -0.25) is 9.78 Å². The molecule has 3 aromatic rings. The van der Waals surface area contributed by atoms with Crippen LogP contribution >= 0.6 is 11.3 Å². The summed E-state index contributed by atoms with van der Waals surface area (Å²) >= 11 is 1.20. The predicted molar refractivity (Wildman–Crippen MR) is 109 cm³/mol. The van der Waals surface area contributed by atoms with Crippen LogP contribution < -0.4 is 10.6 Å². The number of nitrogens with zero attached hydrogens (tertiary/aromatic N) is 5. The normalized spacial score (nSPS) is 15.4. The second kappa shape index (κ2) is 7.85. The Labute approximate surface area is 171 Å². The number of anilines is 1. The van der Waals surface area contributed by atoms with Crippen LogP contribution in [0, 0.1) is 0 Å². The number of hydrogen-bond donors (Lipinski definition) is 1. The number of nitrogens with two attached hydrogens (primary N) is 1. The van der Waals surface area contributed by atoms with E-state index >= 15 is 0 Å². The van der Waals surface area contributed by atoms with E-state index in [0.717, 1.165) is 0 Å². The number of rotatable bonds is 5. The first-order valence-corrected chi connectivity index (χ1v) is 11.2. The van der Waals surface area contributed by atoms with Gasteiger partial charge in [-0.05, 0) is 23.6 Å². The highest BCUT2D eigenvalue weighted by atomic mass is 32.2. The van der Waals surface area contributed by atoms with E-state index in [-0.39, 0.29) is 5.69 Å². The maximum absolute atomic E-state index is 12.7. The number of amides is 1. The molecule has 4 heterocycles. The van der Waals surface area contributed by atoms with Crippen molar-refractivity contribution in [3.63, 3.8) is 0 Å². The van der Waals surface area contributed by atoms with Gasteiger partial charge in [0.2, 0.25) is 0 Å². The van der Waals surface area contributed by atoms with Crippen LogP contribution in [0.4, 0.5) is 5.82 Å². The number of piperazine rings is 1. The first kappa shape index (κ1) is 19.4. The Morgan fingerprint density at radius 2 is 1.86 bits per heavy atom. The molecule has 0 saturated carbocycles. The summed E-state index contributed by atoms with van der Waals surface area (Å²) in [5.74, 6) is -0.217. The van der Waals surface area contributed by atoms with Gasteiger partial charge in [0.15, 0.2) is 5.69 Å². The minimum Gasteiger partial charge on any atom is -0.364 e. The molecule has 0 bridgehead atoms. The number of carbonyl (C=O) groups is 1. The number of aromatic nitrogens is 3. The predicted octanol–water partition coefficient (Wildman–Crippen LogP) is 1.21. The Morgan fingerprint density at radius 3 is 2.48 bits per heavy atom. The third-order valence-corrected chi connectivity index (χ3v) is 7.82. The highest BCUT2D eigenvalue weighted by Crippen LogP contribution is 2.25. The van der Waals surface area contributed by atoms with Crippen molar-refractivity contribution < 1.29 is 13.2 Å². The number of primary amides is 1. The van der Waals surface area contributed by atoms with Crippen LogP contribution in [0.5, 0.6) is 0 Å². The molecule has 29 heavy (non-hydrogen) atoms. The van der Waals surface area contributed by atoms with Gasteiger partial charge in [-0.25, -0.2) is 18.4 Å². The number of pyridine rings is 1. The first-order valence-electron chi connectivity index (χ1n) is 8.83. The summed E-state index contributed by atoms with van der Waals surface area (Å²) in [6, 6.07) is 8.60. The maximum Gasteiger partial charge on any atom is 0.269 e. The summed E-state index contributed by atoms with van der Waals surface area (Å²) in [5.41, 5.74) is 6.37. The quantitative estimate of drug-likeness (QED) is 0.645. The number of thiophene rings is 1. The van der Waals surface area contributed by atoms with E-state index in [1.807, 2.05) is 4.90 Å². The van der Waals surface area contributed by atoms with Crippen LogP contribution in [-0.2, 0) is 10.0 Å². The van der Waals surface area contributed by atoms with Gasteiger partial charge in [0, 0.05) is 32.4 Å². The van der Waals surface area contributed by atoms with E-state index in [9.17, 15) is 13.2 Å². The maximum atomic E-state index is 12.7. The average Bonchev–Trinajstić information content (AvgIpc) is 3.30. The van der Waals surface area contributed by atoms with Crippen molar-refractivity contribution in [2.45, 2.75) is 4.21 Å². The van der Waals surface area contributed by atoms with Crippen LogP contribution in [0.15, 0.2) is 52.3 Å². The lowest BCUT2D eigenvalue weighted by Gasteiger charge is -2.34. The molecule has 0 unspecified atom stereocenters. The smallest absolute Gasteiger partial charge is 0.269 e. The molecule has 9 nitrogen and oxygen atoms in total. The Kier molecular flexibility index (Phi) is 5.26. The molecule has 0 aliphatic carbocycles. The first-order chi connectivity index (χ1) is 14.0. The Bertz CT molecular complexity index is 1110. The van der Waals surface area contributed by atoms with Crippen molar-refractivity contribution in [2.24, 2.45) is 5.73 Å². The molecular formula is C18H18N6O3S2. The van der Waals surface area contributed by atoms with Crippen molar-refractivity contribution >= 4 is 33.1 Å². The molecule has 150 valence electrons. The van der Waals surface area contributed by atoms with Gasteiger partial charge in [0.1, 0.15) is 15.7 Å². The van der Waals surface area contributed by atoms with Crippen LogP contribution in [0.25, 0.3) is 11.4 Å². The van der Waals surface area contributed by atoms with E-state index < -0.39 is 15.9 Å². The van der Waals surface area contributed by atoms with Gasteiger partial charge in [-0.1, -0.05) is 12.1 Å². The average molecular weight is 431 g/mol. The number of carbonyl (C=O) groups excluding carboxylic acids is 1. The molecule has 0 spiro atoms. The topological polar surface area (TPSA) is 122 Å². The van der Waals surface area contributed by atoms with Gasteiger partial charge in [-0.2, -0.15) is 4.31 Å². The second-order valence-electron chi connectivity index (χ2n) is 6.33. The van der Waals surface area contributed by atoms with Crippen molar-refractivity contribution in [1.29, 1.82) is 0 Å². The molecule has 1 saturated heterocycles. The minimum atomic E-state index is -3.48. The summed E-state index contributed by atoms with van der Waals surface area (Å²) in [6.45, 7) is 1.49. The summed E-state index contributed by atoms with van der Waals surface area (Å²) < 4.78 is 27.1. The molecule has 2 N–H and O–H groups in total. The van der Waals surface area contributed by atoms with Gasteiger partial charge >= 0.3 is 0 Å². The minimum absolute atomic E-state index is 0.0369. The molecule has 3 aromatic heterocycles. The summed E-state index contributed by atoms with van der Waals surface area (Å²) in [7, 11) is -3.48. The van der Waals surface area contributed by atoms with E-state index in [0.29, 0.717) is 47.6 Å². The fourth-order valence-corrected chi connectivity index (χ4v) is 5.66. The fourth-order valence-electron chi connectivity index (χ4n) is 3.09. The van der Waals surface area contributed by atoms with Gasteiger partial charge in [0.05, 0.1) is 11.9 Å². The SMILES string of the molecule is NC(=O)c1nc(N2CCN(S(=O)(=O)c3cccs3)CC2)cnc1-c1ccccn1. The molecule has 1 fully saturated rings. The van der Waals surface area contributed by atoms with Crippen molar-refractivity contribution in [3.8, 4) is 11.4 Å². The zero-order valence-electron chi connectivity index (χ0n) is 15.3. The summed E-state index contributed by atoms with van der Waals surface area (Å²) in [5, 5.41) is 1.74. The molecule has 0 aromatic carbocycles. The summed E-state index contributed by atoms with van der Waals surface area (Å²) in [6.07, 6.45) is 3.16. The standard InChI is InChI=1S/C18H18N6O3S2/c19-18(25)17-16(13-4-1-2-6-20-13)21-12-14(22-17)23-7-9-24(10-8-23)29(26,27)15-5-3-11-28-15/h1-6,11-12H,7-10H2,(H2,19,25). The highest BCUT2D eigenvalue weighted by molar-refractivity contribution is 7.91. The monoisotopic (exact) mass is 430 g/mol. The zero-order valence-corrected chi connectivity index (χ0v) is 16.9. The molecule has 1 amide bonds. The van der Waals surface area contributed by atoms with Gasteiger partial charge in [0.25, 0.3) is 15.9 Å². The highest BCUT2D eigenvalue weighted by Gasteiger charge is 2.30. The molecule has 0 radical (unpaired) electrons. The van der Waals surface area contributed by atoms with E-state index in [4.69, 9.17) is 5.73 Å². The molecule has 1 aliphatic rings. The van der Waals surface area contributed by atoms with E-state index in [1.165, 1.54) is 15.6 Å². The molecule has 1 aliphatic heterocycles. The van der Waals surface area contributed by atoms with E-state index in [1.54, 1.807) is 48.1 Å². The lowest BCUT2D eigenvalue weighted by atomic mass is 10.2. The lowest BCUT2D eigenvalue weighted by Crippen LogP contribution is -2.48. The molecule has 4 rings (SSSR count). The van der Waals surface area contributed by atoms with Crippen molar-refractivity contribution in [1.82, 2.24) is 19.3 Å². The summed E-state index contributed by atoms with van der Waals surface area (Å²) in [4.78, 5) is 26.8. The zero-order chi connectivity index (χ0) is 20.4. The second-order valence-corrected chi connectivity index (χ2v) is 9.44. The largest absolute Gasteiger partial charge is 0.364 e. The van der Waals surface area contributed by atoms with Crippen LogP contribution in [0.3, 0.4) is 0 Å². The molecule has 0 atom stereocenters. The number of hydrogen-bond acceptors (Lipinski definition) is 8. The Balaban J connectivity index is 1.55. The lowest BCUT2D eigenvalue weighted by molar-refractivity contribution is 0.0996. The van der Waals surface area contributed by atoms with Gasteiger partial charge in [-0.15, -0.1) is 11.3 Å².